The summed E-state index contributed by atoms with van der Waals surface area (Å²) in [6, 6.07) is 1.90. The number of amides is 1. The van der Waals surface area contributed by atoms with Crippen molar-refractivity contribution in [2.75, 3.05) is 39.3 Å². The molecule has 3 heterocycles. The lowest BCUT2D eigenvalue weighted by Gasteiger charge is -2.37. The molecule has 2 aliphatic heterocycles. The smallest absolute Gasteiger partial charge is 0.248 e. The van der Waals surface area contributed by atoms with Gasteiger partial charge in [0.25, 0.3) is 0 Å². The van der Waals surface area contributed by atoms with Crippen LogP contribution in [0.1, 0.15) is 32.6 Å². The summed E-state index contributed by atoms with van der Waals surface area (Å²) in [5.41, 5.74) is -0.524. The number of carbonyl (C=O) groups excluding carboxylic acids is 1. The van der Waals surface area contributed by atoms with Gasteiger partial charge in [0.1, 0.15) is 5.54 Å². The summed E-state index contributed by atoms with van der Waals surface area (Å²) in [4.78, 5) is 15.4. The Balaban J connectivity index is 0.00000156. The van der Waals surface area contributed by atoms with Crippen LogP contribution < -0.4 is 10.6 Å². The molecule has 1 amide bonds. The minimum atomic E-state index is -0.524. The van der Waals surface area contributed by atoms with Crippen LogP contribution >= 0.6 is 24.8 Å². The predicted molar refractivity (Wildman–Crippen MR) is 105 cm³/mol. The van der Waals surface area contributed by atoms with Gasteiger partial charge in [0.2, 0.25) is 5.91 Å². The van der Waals surface area contributed by atoms with E-state index in [0.29, 0.717) is 0 Å². The number of carbonyl (C=O) groups is 1. The number of halogens is 2. The van der Waals surface area contributed by atoms with Crippen molar-refractivity contribution in [3.8, 4) is 0 Å². The lowest BCUT2D eigenvalue weighted by atomic mass is 9.87. The van der Waals surface area contributed by atoms with Crippen LogP contribution in [-0.2, 0) is 10.3 Å². The highest BCUT2D eigenvalue weighted by Gasteiger charge is 2.41. The molecule has 6 nitrogen and oxygen atoms in total. The first-order valence-corrected chi connectivity index (χ1v) is 8.92. The van der Waals surface area contributed by atoms with Crippen LogP contribution in [0, 0.1) is 5.92 Å². The molecule has 1 atom stereocenters. The van der Waals surface area contributed by atoms with Gasteiger partial charge in [0, 0.05) is 32.0 Å². The van der Waals surface area contributed by atoms with E-state index in [1.54, 1.807) is 6.20 Å². The molecule has 0 spiro atoms. The van der Waals surface area contributed by atoms with Crippen molar-refractivity contribution in [2.24, 2.45) is 5.92 Å². The van der Waals surface area contributed by atoms with Gasteiger partial charge in [-0.25, -0.2) is 0 Å². The topological polar surface area (TPSA) is 62.2 Å². The van der Waals surface area contributed by atoms with E-state index in [-0.39, 0.29) is 30.7 Å². The Hall–Kier alpha value is -0.820. The van der Waals surface area contributed by atoms with Crippen LogP contribution in [0.25, 0.3) is 0 Å². The summed E-state index contributed by atoms with van der Waals surface area (Å²) in [5, 5.41) is 10.9. The highest BCUT2D eigenvalue weighted by Crippen LogP contribution is 2.27. The molecule has 144 valence electrons. The predicted octanol–water partition coefficient (Wildman–Crippen LogP) is 1.65. The SMILES string of the molecule is CC1CCCN(CCNC(=O)C2(n3cccn3)CCNCC2)C1.Cl.Cl. The lowest BCUT2D eigenvalue weighted by Crippen LogP contribution is -2.55. The minimum Gasteiger partial charge on any atom is -0.353 e. The van der Waals surface area contributed by atoms with Crippen molar-refractivity contribution in [1.29, 1.82) is 0 Å². The van der Waals surface area contributed by atoms with Crippen molar-refractivity contribution < 1.29 is 4.79 Å². The first-order chi connectivity index (χ1) is 11.2. The zero-order valence-electron chi connectivity index (χ0n) is 14.9. The summed E-state index contributed by atoms with van der Waals surface area (Å²) in [6.07, 6.45) is 7.86. The number of nitrogens with one attached hydrogen (secondary N) is 2. The molecule has 0 saturated carbocycles. The number of aromatic nitrogens is 2. The fraction of sp³-hybridized carbons (Fsp3) is 0.765. The van der Waals surface area contributed by atoms with Gasteiger partial charge in [-0.05, 0) is 57.3 Å². The zero-order chi connectivity index (χ0) is 16.1. The highest BCUT2D eigenvalue weighted by molar-refractivity contribution is 5.85. The number of nitrogens with zero attached hydrogens (tertiary/aromatic N) is 3. The highest BCUT2D eigenvalue weighted by atomic mass is 35.5. The molecule has 0 radical (unpaired) electrons. The van der Waals surface area contributed by atoms with E-state index < -0.39 is 5.54 Å². The van der Waals surface area contributed by atoms with E-state index in [0.717, 1.165) is 58.0 Å². The molecule has 2 fully saturated rings. The first-order valence-electron chi connectivity index (χ1n) is 8.92. The molecular weight excluding hydrogens is 361 g/mol. The van der Waals surface area contributed by atoms with E-state index in [4.69, 9.17) is 0 Å². The van der Waals surface area contributed by atoms with Gasteiger partial charge in [0.05, 0.1) is 0 Å². The molecule has 8 heteroatoms. The third-order valence-electron chi connectivity index (χ3n) is 5.25. The average molecular weight is 392 g/mol. The molecule has 25 heavy (non-hydrogen) atoms. The Morgan fingerprint density at radius 3 is 2.76 bits per heavy atom. The van der Waals surface area contributed by atoms with Gasteiger partial charge >= 0.3 is 0 Å². The lowest BCUT2D eigenvalue weighted by molar-refractivity contribution is -0.132. The fourth-order valence-corrected chi connectivity index (χ4v) is 3.90. The maximum absolute atomic E-state index is 12.9. The molecule has 0 aromatic carbocycles. The van der Waals surface area contributed by atoms with Crippen LogP contribution in [0.2, 0.25) is 0 Å². The number of hydrogen-bond acceptors (Lipinski definition) is 4. The number of rotatable bonds is 5. The first kappa shape index (κ1) is 22.2. The van der Waals surface area contributed by atoms with Crippen LogP contribution in [-0.4, -0.2) is 59.9 Å². The second-order valence-corrected chi connectivity index (χ2v) is 7.04. The van der Waals surface area contributed by atoms with E-state index in [9.17, 15) is 4.79 Å². The summed E-state index contributed by atoms with van der Waals surface area (Å²) < 4.78 is 1.85. The summed E-state index contributed by atoms with van der Waals surface area (Å²) in [7, 11) is 0. The Kier molecular flexibility index (Phi) is 9.21. The van der Waals surface area contributed by atoms with Gasteiger partial charge in [-0.1, -0.05) is 6.92 Å². The third-order valence-corrected chi connectivity index (χ3v) is 5.25. The maximum Gasteiger partial charge on any atom is 0.248 e. The molecule has 1 unspecified atom stereocenters. The Bertz CT molecular complexity index is 505. The molecule has 2 N–H and O–H groups in total. The summed E-state index contributed by atoms with van der Waals surface area (Å²) in [5.74, 6) is 0.895. The maximum atomic E-state index is 12.9. The van der Waals surface area contributed by atoms with Crippen LogP contribution in [0.5, 0.6) is 0 Å². The largest absolute Gasteiger partial charge is 0.353 e. The second kappa shape index (κ2) is 10.4. The van der Waals surface area contributed by atoms with Crippen LogP contribution in [0.4, 0.5) is 0 Å². The number of likely N-dealkylation sites (tertiary alicyclic amines) is 1. The van der Waals surface area contributed by atoms with Gasteiger partial charge in [-0.2, -0.15) is 5.10 Å². The Labute approximate surface area is 162 Å². The molecule has 0 bridgehead atoms. The number of piperidine rings is 2. The molecule has 2 saturated heterocycles. The van der Waals surface area contributed by atoms with Crippen molar-refractivity contribution >= 4 is 30.7 Å². The summed E-state index contributed by atoms with van der Waals surface area (Å²) >= 11 is 0. The minimum absolute atomic E-state index is 0. The molecule has 1 aromatic rings. The number of hydrogen-bond donors (Lipinski definition) is 2. The molecule has 2 aliphatic rings. The van der Waals surface area contributed by atoms with Gasteiger partial charge in [-0.15, -0.1) is 24.8 Å². The second-order valence-electron chi connectivity index (χ2n) is 7.04. The quantitative estimate of drug-likeness (QED) is 0.800. The van der Waals surface area contributed by atoms with E-state index >= 15 is 0 Å². The van der Waals surface area contributed by atoms with Gasteiger partial charge < -0.3 is 15.5 Å². The van der Waals surface area contributed by atoms with Crippen LogP contribution in [0.3, 0.4) is 0 Å². The fourth-order valence-electron chi connectivity index (χ4n) is 3.90. The van der Waals surface area contributed by atoms with Gasteiger partial charge in [0.15, 0.2) is 0 Å². The van der Waals surface area contributed by atoms with E-state index in [1.165, 1.54) is 12.8 Å². The van der Waals surface area contributed by atoms with Crippen molar-refractivity contribution in [3.63, 3.8) is 0 Å². The average Bonchev–Trinajstić information content (AvgIpc) is 3.10. The molecule has 3 rings (SSSR count). The molecule has 1 aromatic heterocycles. The molecule has 0 aliphatic carbocycles. The van der Waals surface area contributed by atoms with E-state index in [2.05, 4.69) is 27.6 Å². The monoisotopic (exact) mass is 391 g/mol. The standard InChI is InChI=1S/C17H29N5O.2ClH/c1-15-4-2-11-21(14-15)13-10-19-16(23)17(5-8-18-9-6-17)22-12-3-7-20-22;;/h3,7,12,15,18H,2,4-6,8-11,13-14H2,1H3,(H,19,23);2*1H. The Morgan fingerprint density at radius 2 is 2.12 bits per heavy atom. The third kappa shape index (κ3) is 5.33. The summed E-state index contributed by atoms with van der Waals surface area (Å²) in [6.45, 7) is 8.02. The normalized spacial score (nSPS) is 23.2. The Morgan fingerprint density at radius 1 is 1.36 bits per heavy atom. The van der Waals surface area contributed by atoms with Crippen molar-refractivity contribution in [3.05, 3.63) is 18.5 Å². The van der Waals surface area contributed by atoms with Crippen molar-refractivity contribution in [1.82, 2.24) is 25.3 Å². The van der Waals surface area contributed by atoms with Gasteiger partial charge in [-0.3, -0.25) is 9.48 Å². The zero-order valence-corrected chi connectivity index (χ0v) is 16.6. The van der Waals surface area contributed by atoms with Crippen LogP contribution in [0.15, 0.2) is 18.5 Å². The van der Waals surface area contributed by atoms with Crippen molar-refractivity contribution in [2.45, 2.75) is 38.1 Å². The van der Waals surface area contributed by atoms with E-state index in [1.807, 2.05) is 16.9 Å². The molecular formula is C17H31Cl2N5O.